The molecular formula is C18H22N2O5. The smallest absolute Gasteiger partial charge is 0.296 e. The van der Waals surface area contributed by atoms with Crippen LogP contribution in [0.1, 0.15) is 32.8 Å². The lowest BCUT2D eigenvalue weighted by Gasteiger charge is -2.15. The largest absolute Gasteiger partial charge is 0.502 e. The Morgan fingerprint density at radius 3 is 2.40 bits per heavy atom. The number of aliphatic hydroxyl groups excluding tert-OH is 1. The summed E-state index contributed by atoms with van der Waals surface area (Å²) in [5.74, 6) is -1.99. The zero-order valence-electron chi connectivity index (χ0n) is 14.5. The number of carbonyl (C=O) groups excluding carboxylic acids is 3. The van der Waals surface area contributed by atoms with Crippen LogP contribution in [0.5, 0.6) is 0 Å². The molecule has 0 spiro atoms. The van der Waals surface area contributed by atoms with E-state index in [0.717, 1.165) is 4.90 Å². The van der Waals surface area contributed by atoms with Gasteiger partial charge < -0.3 is 15.2 Å². The van der Waals surface area contributed by atoms with E-state index in [9.17, 15) is 19.5 Å². The number of amides is 3. The number of nitrogens with one attached hydrogen (secondary N) is 1. The molecule has 3 amide bonds. The summed E-state index contributed by atoms with van der Waals surface area (Å²) in [5.41, 5.74) is 0.964. The molecule has 134 valence electrons. The minimum atomic E-state index is -0.699. The van der Waals surface area contributed by atoms with Crippen molar-refractivity contribution in [3.8, 4) is 0 Å². The Hall–Kier alpha value is -2.67. The van der Waals surface area contributed by atoms with E-state index in [1.807, 2.05) is 13.8 Å². The molecule has 0 radical (unpaired) electrons. The third-order valence-electron chi connectivity index (χ3n) is 3.61. The highest BCUT2D eigenvalue weighted by atomic mass is 16.5. The molecule has 0 aliphatic carbocycles. The molecule has 7 heteroatoms. The number of rotatable bonds is 7. The molecule has 7 nitrogen and oxygen atoms in total. The number of hydrogen-bond acceptors (Lipinski definition) is 5. The molecule has 2 N–H and O–H groups in total. The first-order valence-electron chi connectivity index (χ1n) is 8.10. The van der Waals surface area contributed by atoms with Crippen molar-refractivity contribution in [2.75, 3.05) is 18.5 Å². The molecule has 25 heavy (non-hydrogen) atoms. The molecule has 1 aromatic carbocycles. The first-order valence-corrected chi connectivity index (χ1v) is 8.10. The minimum Gasteiger partial charge on any atom is -0.502 e. The fourth-order valence-corrected chi connectivity index (χ4v) is 2.49. The van der Waals surface area contributed by atoms with Gasteiger partial charge in [0.25, 0.3) is 11.8 Å². The number of hydrogen-bond donors (Lipinski definition) is 2. The van der Waals surface area contributed by atoms with Gasteiger partial charge in [0, 0.05) is 25.8 Å². The predicted octanol–water partition coefficient (Wildman–Crippen LogP) is 2.10. The number of nitrogens with zero attached hydrogens (tertiary/aromatic N) is 1. The van der Waals surface area contributed by atoms with Gasteiger partial charge in [-0.25, -0.2) is 0 Å². The lowest BCUT2D eigenvalue weighted by Crippen LogP contribution is -2.33. The highest BCUT2D eigenvalue weighted by Crippen LogP contribution is 2.28. The van der Waals surface area contributed by atoms with E-state index in [1.165, 1.54) is 6.92 Å². The lowest BCUT2D eigenvalue weighted by atomic mass is 10.1. The highest BCUT2D eigenvalue weighted by Gasteiger charge is 2.38. The quantitative estimate of drug-likeness (QED) is 0.582. The van der Waals surface area contributed by atoms with Crippen LogP contribution in [-0.4, -0.2) is 47.0 Å². The van der Waals surface area contributed by atoms with Crippen LogP contribution in [0.4, 0.5) is 5.69 Å². The number of anilines is 1. The standard InChI is InChI=1S/C18H22N2O5/c1-11(2)25-10-4-9-20-17(23)15(16(22)18(20)24)13-5-7-14(8-6-13)19-12(3)21/h5-8,11,22H,4,9-10H2,1-3H3,(H,19,21). The van der Waals surface area contributed by atoms with Crippen molar-refractivity contribution >= 4 is 29.0 Å². The summed E-state index contributed by atoms with van der Waals surface area (Å²) in [6, 6.07) is 6.36. The fraction of sp³-hybridized carbons (Fsp3) is 0.389. The van der Waals surface area contributed by atoms with E-state index in [4.69, 9.17) is 4.74 Å². The van der Waals surface area contributed by atoms with E-state index in [0.29, 0.717) is 24.3 Å². The number of imide groups is 1. The topological polar surface area (TPSA) is 95.9 Å². The van der Waals surface area contributed by atoms with Gasteiger partial charge in [-0.1, -0.05) is 12.1 Å². The van der Waals surface area contributed by atoms with Crippen molar-refractivity contribution in [1.29, 1.82) is 0 Å². The van der Waals surface area contributed by atoms with E-state index in [2.05, 4.69) is 5.32 Å². The van der Waals surface area contributed by atoms with E-state index in [1.54, 1.807) is 24.3 Å². The second-order valence-corrected chi connectivity index (χ2v) is 6.02. The van der Waals surface area contributed by atoms with Gasteiger partial charge in [0.1, 0.15) is 0 Å². The maximum atomic E-state index is 12.5. The van der Waals surface area contributed by atoms with Crippen LogP contribution in [0.3, 0.4) is 0 Å². The van der Waals surface area contributed by atoms with Crippen LogP contribution in [0.15, 0.2) is 30.0 Å². The molecule has 0 fully saturated rings. The molecule has 1 heterocycles. The van der Waals surface area contributed by atoms with E-state index in [-0.39, 0.29) is 24.1 Å². The number of benzene rings is 1. The van der Waals surface area contributed by atoms with Gasteiger partial charge in [-0.05, 0) is 38.0 Å². The van der Waals surface area contributed by atoms with Crippen molar-refractivity contribution in [2.45, 2.75) is 33.3 Å². The van der Waals surface area contributed by atoms with Crippen molar-refractivity contribution in [2.24, 2.45) is 0 Å². The van der Waals surface area contributed by atoms with Crippen LogP contribution in [-0.2, 0) is 19.1 Å². The Morgan fingerprint density at radius 2 is 1.84 bits per heavy atom. The first-order chi connectivity index (χ1) is 11.8. The molecule has 0 atom stereocenters. The second-order valence-electron chi connectivity index (χ2n) is 6.02. The van der Waals surface area contributed by atoms with Crippen LogP contribution in [0.2, 0.25) is 0 Å². The van der Waals surface area contributed by atoms with Crippen molar-refractivity contribution < 1.29 is 24.2 Å². The molecule has 0 bridgehead atoms. The minimum absolute atomic E-state index is 0.0239. The van der Waals surface area contributed by atoms with Gasteiger partial charge in [0.05, 0.1) is 11.7 Å². The second kappa shape index (κ2) is 7.94. The van der Waals surface area contributed by atoms with Gasteiger partial charge >= 0.3 is 0 Å². The lowest BCUT2D eigenvalue weighted by molar-refractivity contribution is -0.138. The van der Waals surface area contributed by atoms with Gasteiger partial charge in [0.15, 0.2) is 5.76 Å². The highest BCUT2D eigenvalue weighted by molar-refractivity contribution is 6.34. The monoisotopic (exact) mass is 346 g/mol. The summed E-state index contributed by atoms with van der Waals surface area (Å²) in [4.78, 5) is 36.7. The van der Waals surface area contributed by atoms with Crippen molar-refractivity contribution in [3.05, 3.63) is 35.6 Å². The third kappa shape index (κ3) is 4.45. The molecule has 0 saturated carbocycles. The summed E-state index contributed by atoms with van der Waals surface area (Å²) >= 11 is 0. The molecule has 1 aliphatic rings. The molecule has 2 rings (SSSR count). The Kier molecular flexibility index (Phi) is 5.93. The number of ether oxygens (including phenoxy) is 1. The summed E-state index contributed by atoms with van der Waals surface area (Å²) in [7, 11) is 0. The maximum Gasteiger partial charge on any atom is 0.296 e. The summed E-state index contributed by atoms with van der Waals surface area (Å²) < 4.78 is 5.40. The molecule has 1 aliphatic heterocycles. The molecule has 0 saturated heterocycles. The fourth-order valence-electron chi connectivity index (χ4n) is 2.49. The van der Waals surface area contributed by atoms with Gasteiger partial charge in [-0.2, -0.15) is 0 Å². The van der Waals surface area contributed by atoms with Crippen molar-refractivity contribution in [3.63, 3.8) is 0 Å². The average Bonchev–Trinajstić information content (AvgIpc) is 2.75. The zero-order chi connectivity index (χ0) is 18.6. The summed E-state index contributed by atoms with van der Waals surface area (Å²) in [6.07, 6.45) is 0.576. The average molecular weight is 346 g/mol. The Balaban J connectivity index is 2.09. The van der Waals surface area contributed by atoms with Crippen molar-refractivity contribution in [1.82, 2.24) is 4.90 Å². The SMILES string of the molecule is CC(=O)Nc1ccc(C2=C(O)C(=O)N(CCCOC(C)C)C2=O)cc1. The maximum absolute atomic E-state index is 12.5. The first kappa shape index (κ1) is 18.7. The van der Waals surface area contributed by atoms with Crippen LogP contribution >= 0.6 is 0 Å². The summed E-state index contributed by atoms with van der Waals surface area (Å²) in [5, 5.41) is 12.7. The molecule has 0 unspecified atom stereocenters. The van der Waals surface area contributed by atoms with Gasteiger partial charge in [-0.3, -0.25) is 19.3 Å². The predicted molar refractivity (Wildman–Crippen MR) is 92.7 cm³/mol. The molecule has 0 aromatic heterocycles. The Bertz CT molecular complexity index is 707. The van der Waals surface area contributed by atoms with Crippen LogP contribution in [0.25, 0.3) is 5.57 Å². The Labute approximate surface area is 146 Å². The van der Waals surface area contributed by atoms with E-state index >= 15 is 0 Å². The summed E-state index contributed by atoms with van der Waals surface area (Å²) in [6.45, 7) is 5.81. The van der Waals surface area contributed by atoms with E-state index < -0.39 is 17.6 Å². The normalized spacial score (nSPS) is 14.6. The molecular weight excluding hydrogens is 324 g/mol. The number of aliphatic hydroxyl groups is 1. The van der Waals surface area contributed by atoms with Crippen LogP contribution in [0, 0.1) is 0 Å². The number of carbonyl (C=O) groups is 3. The Morgan fingerprint density at radius 1 is 1.20 bits per heavy atom. The molecule has 1 aromatic rings. The zero-order valence-corrected chi connectivity index (χ0v) is 14.5. The third-order valence-corrected chi connectivity index (χ3v) is 3.61. The van der Waals surface area contributed by atoms with Crippen LogP contribution < -0.4 is 5.32 Å². The van der Waals surface area contributed by atoms with Gasteiger partial charge in [-0.15, -0.1) is 0 Å². The van der Waals surface area contributed by atoms with Gasteiger partial charge in [0.2, 0.25) is 5.91 Å².